The molecule has 1 unspecified atom stereocenters. The number of likely N-dealkylation sites (tertiary alicyclic amines) is 1. The van der Waals surface area contributed by atoms with Gasteiger partial charge in [0.25, 0.3) is 0 Å². The van der Waals surface area contributed by atoms with Crippen LogP contribution < -0.4 is 5.73 Å². The van der Waals surface area contributed by atoms with Crippen LogP contribution in [0, 0.1) is 0 Å². The van der Waals surface area contributed by atoms with Crippen molar-refractivity contribution in [3.8, 4) is 0 Å². The van der Waals surface area contributed by atoms with E-state index in [9.17, 15) is 9.90 Å². The van der Waals surface area contributed by atoms with E-state index >= 15 is 0 Å². The second kappa shape index (κ2) is 4.28. The lowest BCUT2D eigenvalue weighted by Crippen LogP contribution is -2.63. The fourth-order valence-electron chi connectivity index (χ4n) is 1.87. The molecule has 4 nitrogen and oxygen atoms in total. The Morgan fingerprint density at radius 1 is 1.64 bits per heavy atom. The van der Waals surface area contributed by atoms with Crippen LogP contribution in [0.4, 0.5) is 0 Å². The van der Waals surface area contributed by atoms with Crippen molar-refractivity contribution in [2.75, 3.05) is 13.1 Å². The van der Waals surface area contributed by atoms with Gasteiger partial charge < -0.3 is 15.7 Å². The maximum atomic E-state index is 11.5. The number of hydrogen-bond donors (Lipinski definition) is 2. The van der Waals surface area contributed by atoms with Crippen molar-refractivity contribution in [3.05, 3.63) is 0 Å². The Kier molecular flexibility index (Phi) is 3.50. The smallest absolute Gasteiger partial charge is 0.224 e. The minimum Gasteiger partial charge on any atom is -0.386 e. The van der Waals surface area contributed by atoms with Gasteiger partial charge in [-0.05, 0) is 13.3 Å². The molecule has 0 aromatic carbocycles. The summed E-state index contributed by atoms with van der Waals surface area (Å²) in [5, 5.41) is 9.84. The highest BCUT2D eigenvalue weighted by Gasteiger charge is 2.42. The molecule has 1 heterocycles. The van der Waals surface area contributed by atoms with Gasteiger partial charge in [-0.25, -0.2) is 0 Å². The van der Waals surface area contributed by atoms with Crippen LogP contribution in [0.25, 0.3) is 0 Å². The third-order valence-electron chi connectivity index (χ3n) is 2.54. The molecule has 1 rings (SSSR count). The molecule has 3 N–H and O–H groups in total. The standard InChI is InChI=1S/C10H20N2O2/c1-3-4-10(14)6-12(7-10)9(13)5-8(2)11/h8,14H,3-7,11H2,1-2H3. The summed E-state index contributed by atoms with van der Waals surface area (Å²) in [6, 6.07) is -0.0950. The molecule has 4 heteroatoms. The van der Waals surface area contributed by atoms with Crippen LogP contribution in [0.1, 0.15) is 33.1 Å². The van der Waals surface area contributed by atoms with E-state index in [0.29, 0.717) is 19.5 Å². The highest BCUT2D eigenvalue weighted by atomic mass is 16.3. The molecule has 0 aromatic heterocycles. The molecule has 0 saturated carbocycles. The zero-order valence-corrected chi connectivity index (χ0v) is 8.99. The van der Waals surface area contributed by atoms with E-state index in [4.69, 9.17) is 5.73 Å². The zero-order chi connectivity index (χ0) is 10.8. The summed E-state index contributed by atoms with van der Waals surface area (Å²) < 4.78 is 0. The van der Waals surface area contributed by atoms with Gasteiger partial charge in [-0.2, -0.15) is 0 Å². The quantitative estimate of drug-likeness (QED) is 0.676. The lowest BCUT2D eigenvalue weighted by molar-refractivity contribution is -0.156. The molecule has 1 atom stereocenters. The lowest BCUT2D eigenvalue weighted by atomic mass is 9.89. The molecule has 1 amide bonds. The summed E-state index contributed by atoms with van der Waals surface area (Å²) in [4.78, 5) is 13.1. The topological polar surface area (TPSA) is 66.6 Å². The largest absolute Gasteiger partial charge is 0.386 e. The molecule has 1 saturated heterocycles. The summed E-state index contributed by atoms with van der Waals surface area (Å²) in [5.41, 5.74) is 4.90. The molecule has 0 bridgehead atoms. The Balaban J connectivity index is 2.29. The number of nitrogens with zero attached hydrogens (tertiary/aromatic N) is 1. The van der Waals surface area contributed by atoms with Crippen LogP contribution in [0.3, 0.4) is 0 Å². The Bertz CT molecular complexity index is 210. The van der Waals surface area contributed by atoms with Gasteiger partial charge in [-0.15, -0.1) is 0 Å². The third-order valence-corrected chi connectivity index (χ3v) is 2.54. The summed E-state index contributed by atoms with van der Waals surface area (Å²) in [7, 11) is 0. The maximum absolute atomic E-state index is 11.5. The molecule has 82 valence electrons. The predicted octanol–water partition coefficient (Wildman–Crippen LogP) is 0.0971. The Labute approximate surface area is 85.1 Å². The molecule has 0 aromatic rings. The summed E-state index contributed by atoms with van der Waals surface area (Å²) >= 11 is 0. The Morgan fingerprint density at radius 3 is 2.64 bits per heavy atom. The van der Waals surface area contributed by atoms with E-state index in [-0.39, 0.29) is 11.9 Å². The van der Waals surface area contributed by atoms with Gasteiger partial charge in [0.1, 0.15) is 0 Å². The molecule has 1 aliphatic heterocycles. The minimum absolute atomic E-state index is 0.0563. The minimum atomic E-state index is -0.623. The predicted molar refractivity (Wildman–Crippen MR) is 54.7 cm³/mol. The fourth-order valence-corrected chi connectivity index (χ4v) is 1.87. The monoisotopic (exact) mass is 200 g/mol. The van der Waals surface area contributed by atoms with Crippen LogP contribution >= 0.6 is 0 Å². The van der Waals surface area contributed by atoms with E-state index in [1.54, 1.807) is 4.90 Å². The number of hydrogen-bond acceptors (Lipinski definition) is 3. The lowest BCUT2D eigenvalue weighted by Gasteiger charge is -2.46. The van der Waals surface area contributed by atoms with E-state index in [2.05, 4.69) is 0 Å². The van der Waals surface area contributed by atoms with E-state index in [0.717, 1.165) is 12.8 Å². The van der Waals surface area contributed by atoms with Gasteiger partial charge in [-0.1, -0.05) is 13.3 Å². The van der Waals surface area contributed by atoms with Crippen molar-refractivity contribution in [1.82, 2.24) is 4.90 Å². The maximum Gasteiger partial charge on any atom is 0.224 e. The van der Waals surface area contributed by atoms with Crippen molar-refractivity contribution < 1.29 is 9.90 Å². The summed E-state index contributed by atoms with van der Waals surface area (Å²) in [5.74, 6) is 0.0563. The average Bonchev–Trinajstić information content (AvgIpc) is 1.98. The van der Waals surface area contributed by atoms with Crippen molar-refractivity contribution in [2.24, 2.45) is 5.73 Å². The second-order valence-corrected chi connectivity index (χ2v) is 4.41. The fraction of sp³-hybridized carbons (Fsp3) is 0.900. The van der Waals surface area contributed by atoms with Gasteiger partial charge in [0, 0.05) is 12.5 Å². The highest BCUT2D eigenvalue weighted by molar-refractivity contribution is 5.78. The molecule has 1 aliphatic rings. The van der Waals surface area contributed by atoms with Crippen molar-refractivity contribution in [3.63, 3.8) is 0 Å². The Hall–Kier alpha value is -0.610. The molecular formula is C10H20N2O2. The average molecular weight is 200 g/mol. The van der Waals surface area contributed by atoms with Gasteiger partial charge >= 0.3 is 0 Å². The normalized spacial score (nSPS) is 21.6. The molecule has 14 heavy (non-hydrogen) atoms. The van der Waals surface area contributed by atoms with Gasteiger partial charge in [-0.3, -0.25) is 4.79 Å². The molecule has 0 radical (unpaired) electrons. The first kappa shape index (κ1) is 11.5. The second-order valence-electron chi connectivity index (χ2n) is 4.41. The molecule has 1 fully saturated rings. The van der Waals surface area contributed by atoms with Gasteiger partial charge in [0.15, 0.2) is 0 Å². The SMILES string of the molecule is CCCC1(O)CN(C(=O)CC(C)N)C1. The number of carbonyl (C=O) groups excluding carboxylic acids is 1. The van der Waals surface area contributed by atoms with Crippen LogP contribution in [0.5, 0.6) is 0 Å². The molecule has 0 aliphatic carbocycles. The number of aliphatic hydroxyl groups is 1. The van der Waals surface area contributed by atoms with Crippen LogP contribution in [0.15, 0.2) is 0 Å². The van der Waals surface area contributed by atoms with Crippen molar-refractivity contribution >= 4 is 5.91 Å². The van der Waals surface area contributed by atoms with E-state index < -0.39 is 5.60 Å². The highest BCUT2D eigenvalue weighted by Crippen LogP contribution is 2.26. The number of nitrogens with two attached hydrogens (primary N) is 1. The van der Waals surface area contributed by atoms with Crippen molar-refractivity contribution in [1.29, 1.82) is 0 Å². The first-order chi connectivity index (χ1) is 6.47. The van der Waals surface area contributed by atoms with Crippen LogP contribution in [-0.2, 0) is 4.79 Å². The number of β-amino-alcohol motifs (C(OH)–C–C–N with tert-alkyl or cyclic N) is 1. The van der Waals surface area contributed by atoms with Crippen LogP contribution in [0.2, 0.25) is 0 Å². The number of rotatable bonds is 4. The van der Waals surface area contributed by atoms with Gasteiger partial charge in [0.2, 0.25) is 5.91 Å². The van der Waals surface area contributed by atoms with E-state index in [1.807, 2.05) is 13.8 Å². The van der Waals surface area contributed by atoms with Gasteiger partial charge in [0.05, 0.1) is 18.7 Å². The first-order valence-electron chi connectivity index (χ1n) is 5.22. The Morgan fingerprint density at radius 2 is 2.21 bits per heavy atom. The van der Waals surface area contributed by atoms with Crippen molar-refractivity contribution in [2.45, 2.75) is 44.8 Å². The number of carbonyl (C=O) groups is 1. The summed E-state index contributed by atoms with van der Waals surface area (Å²) in [6.45, 7) is 4.80. The number of amides is 1. The zero-order valence-electron chi connectivity index (χ0n) is 8.99. The third kappa shape index (κ3) is 2.69. The molecule has 0 spiro atoms. The molecular weight excluding hydrogens is 180 g/mol. The first-order valence-corrected chi connectivity index (χ1v) is 5.22. The van der Waals surface area contributed by atoms with E-state index in [1.165, 1.54) is 0 Å². The summed E-state index contributed by atoms with van der Waals surface area (Å²) in [6.07, 6.45) is 2.10. The van der Waals surface area contributed by atoms with Crippen LogP contribution in [-0.4, -0.2) is 40.6 Å².